The maximum absolute atomic E-state index is 10.7. The minimum Gasteiger partial charge on any atom is -0.481 e. The summed E-state index contributed by atoms with van der Waals surface area (Å²) in [5.41, 5.74) is 3.09. The number of aliphatic carboxylic acids is 1. The summed E-state index contributed by atoms with van der Waals surface area (Å²) in [5.74, 6) is -0.778. The topological polar surface area (TPSA) is 65.5 Å². The minimum atomic E-state index is -0.778. The number of hydrogen-bond acceptors (Lipinski definition) is 5. The lowest BCUT2D eigenvalue weighted by Gasteiger charge is -2.21. The Balaban J connectivity index is 2.04. The largest absolute Gasteiger partial charge is 0.481 e. The molecule has 0 aliphatic heterocycles. The number of aromatic nitrogens is 1. The van der Waals surface area contributed by atoms with Gasteiger partial charge in [-0.25, -0.2) is 4.98 Å². The second kappa shape index (κ2) is 7.97. The van der Waals surface area contributed by atoms with Gasteiger partial charge in [0.25, 0.3) is 0 Å². The van der Waals surface area contributed by atoms with Crippen LogP contribution in [0.3, 0.4) is 0 Å². The van der Waals surface area contributed by atoms with Gasteiger partial charge in [-0.2, -0.15) is 0 Å². The normalized spacial score (nSPS) is 10.6. The van der Waals surface area contributed by atoms with Crippen molar-refractivity contribution in [3.8, 4) is 0 Å². The second-order valence-electron chi connectivity index (χ2n) is 5.27. The molecule has 1 aromatic heterocycles. The fraction of sp³-hybridized carbons (Fsp3) is 0.412. The predicted molar refractivity (Wildman–Crippen MR) is 96.1 cm³/mol. The molecule has 2 rings (SSSR count). The van der Waals surface area contributed by atoms with Crippen LogP contribution < -0.4 is 10.2 Å². The van der Waals surface area contributed by atoms with E-state index in [1.165, 1.54) is 17.0 Å². The summed E-state index contributed by atoms with van der Waals surface area (Å²) in [5, 5.41) is 12.9. The van der Waals surface area contributed by atoms with E-state index < -0.39 is 5.97 Å². The van der Waals surface area contributed by atoms with Crippen LogP contribution in [0, 0.1) is 6.92 Å². The first-order valence-corrected chi connectivity index (χ1v) is 8.65. The van der Waals surface area contributed by atoms with Gasteiger partial charge in [0.1, 0.15) is 0 Å². The lowest BCUT2D eigenvalue weighted by Crippen LogP contribution is -2.21. The molecule has 0 aliphatic carbocycles. The highest BCUT2D eigenvalue weighted by atomic mass is 32.1. The SMILES string of the molecule is CCN(CC)c1ccc(Nc2nc(C)c(CCC(=O)O)s2)cc1. The third-order valence-electron chi connectivity index (χ3n) is 3.71. The molecule has 0 saturated carbocycles. The summed E-state index contributed by atoms with van der Waals surface area (Å²) in [6.07, 6.45) is 0.669. The molecule has 1 aromatic carbocycles. The van der Waals surface area contributed by atoms with E-state index in [1.807, 2.05) is 19.1 Å². The first-order chi connectivity index (χ1) is 11.0. The molecule has 0 bridgehead atoms. The molecule has 0 atom stereocenters. The van der Waals surface area contributed by atoms with Crippen LogP contribution in [0.15, 0.2) is 24.3 Å². The van der Waals surface area contributed by atoms with Crippen LogP contribution in [0.5, 0.6) is 0 Å². The third kappa shape index (κ3) is 4.69. The standard InChI is InChI=1S/C17H23N3O2S/c1-4-20(5-2)14-8-6-13(7-9-14)19-17-18-12(3)15(23-17)10-11-16(21)22/h6-9H,4-5,10-11H2,1-3H3,(H,18,19)(H,21,22). The summed E-state index contributed by atoms with van der Waals surface area (Å²) >= 11 is 1.52. The Bertz CT molecular complexity index is 648. The fourth-order valence-corrected chi connectivity index (χ4v) is 3.38. The summed E-state index contributed by atoms with van der Waals surface area (Å²) in [4.78, 5) is 18.5. The van der Waals surface area contributed by atoms with Crippen molar-refractivity contribution in [2.45, 2.75) is 33.6 Å². The predicted octanol–water partition coefficient (Wildman–Crippen LogP) is 4.06. The van der Waals surface area contributed by atoms with Crippen LogP contribution in [0.1, 0.15) is 30.8 Å². The zero-order valence-corrected chi connectivity index (χ0v) is 14.6. The van der Waals surface area contributed by atoms with E-state index in [1.54, 1.807) is 0 Å². The summed E-state index contributed by atoms with van der Waals surface area (Å²) in [7, 11) is 0. The minimum absolute atomic E-state index is 0.140. The van der Waals surface area contributed by atoms with E-state index in [0.29, 0.717) is 6.42 Å². The molecule has 2 aromatic rings. The molecule has 2 N–H and O–H groups in total. The Labute approximate surface area is 141 Å². The van der Waals surface area contributed by atoms with Crippen molar-refractivity contribution in [3.05, 3.63) is 34.8 Å². The number of carboxylic acids is 1. The Morgan fingerprint density at radius 1 is 1.26 bits per heavy atom. The number of carbonyl (C=O) groups is 1. The number of thiazole rings is 1. The number of nitrogens with one attached hydrogen (secondary N) is 1. The van der Waals surface area contributed by atoms with Gasteiger partial charge < -0.3 is 15.3 Å². The Kier molecular flexibility index (Phi) is 5.98. The van der Waals surface area contributed by atoms with Crippen LogP contribution in [0.4, 0.5) is 16.5 Å². The van der Waals surface area contributed by atoms with Crippen molar-refractivity contribution in [1.82, 2.24) is 4.98 Å². The van der Waals surface area contributed by atoms with Gasteiger partial charge in [0.05, 0.1) is 12.1 Å². The quantitative estimate of drug-likeness (QED) is 0.762. The fourth-order valence-electron chi connectivity index (χ4n) is 2.40. The van der Waals surface area contributed by atoms with Crippen molar-refractivity contribution < 1.29 is 9.90 Å². The van der Waals surface area contributed by atoms with Crippen molar-refractivity contribution >= 4 is 33.8 Å². The maximum atomic E-state index is 10.7. The van der Waals surface area contributed by atoms with E-state index in [0.717, 1.165) is 34.5 Å². The average Bonchev–Trinajstić information content (AvgIpc) is 2.88. The summed E-state index contributed by atoms with van der Waals surface area (Å²) < 4.78 is 0. The average molecular weight is 333 g/mol. The first kappa shape index (κ1) is 17.3. The van der Waals surface area contributed by atoms with E-state index in [9.17, 15) is 4.79 Å². The summed E-state index contributed by atoms with van der Waals surface area (Å²) in [6, 6.07) is 8.28. The molecule has 0 spiro atoms. The van der Waals surface area contributed by atoms with Crippen molar-refractivity contribution in [2.75, 3.05) is 23.3 Å². The van der Waals surface area contributed by atoms with Gasteiger partial charge in [-0.15, -0.1) is 11.3 Å². The van der Waals surface area contributed by atoms with E-state index in [4.69, 9.17) is 5.11 Å². The zero-order chi connectivity index (χ0) is 16.8. The Hall–Kier alpha value is -2.08. The molecule has 0 amide bonds. The highest BCUT2D eigenvalue weighted by molar-refractivity contribution is 7.15. The Morgan fingerprint density at radius 2 is 1.91 bits per heavy atom. The molecule has 0 saturated heterocycles. The molecule has 0 unspecified atom stereocenters. The van der Waals surface area contributed by atoms with Crippen molar-refractivity contribution in [2.24, 2.45) is 0 Å². The number of anilines is 3. The first-order valence-electron chi connectivity index (χ1n) is 7.83. The molecular formula is C17H23N3O2S. The lowest BCUT2D eigenvalue weighted by atomic mass is 10.2. The Morgan fingerprint density at radius 3 is 2.48 bits per heavy atom. The van der Waals surface area contributed by atoms with E-state index >= 15 is 0 Å². The van der Waals surface area contributed by atoms with Crippen LogP contribution in [0.25, 0.3) is 0 Å². The van der Waals surface area contributed by atoms with Crippen molar-refractivity contribution in [3.63, 3.8) is 0 Å². The van der Waals surface area contributed by atoms with Gasteiger partial charge in [0.15, 0.2) is 5.13 Å². The molecule has 0 fully saturated rings. The smallest absolute Gasteiger partial charge is 0.303 e. The number of aryl methyl sites for hydroxylation is 2. The molecule has 0 radical (unpaired) electrons. The van der Waals surface area contributed by atoms with Crippen LogP contribution in [0.2, 0.25) is 0 Å². The van der Waals surface area contributed by atoms with Crippen LogP contribution in [-0.4, -0.2) is 29.1 Å². The molecule has 0 aliphatic rings. The highest BCUT2D eigenvalue weighted by Gasteiger charge is 2.10. The van der Waals surface area contributed by atoms with Gasteiger partial charge in [0, 0.05) is 29.3 Å². The van der Waals surface area contributed by atoms with Gasteiger partial charge in [-0.1, -0.05) is 0 Å². The summed E-state index contributed by atoms with van der Waals surface area (Å²) in [6.45, 7) is 8.19. The number of carboxylic acid groups (broad SMARTS) is 1. The number of nitrogens with zero attached hydrogens (tertiary/aromatic N) is 2. The second-order valence-corrected chi connectivity index (χ2v) is 6.35. The highest BCUT2D eigenvalue weighted by Crippen LogP contribution is 2.27. The van der Waals surface area contributed by atoms with Gasteiger partial charge in [-0.3, -0.25) is 4.79 Å². The van der Waals surface area contributed by atoms with E-state index in [-0.39, 0.29) is 6.42 Å². The third-order valence-corrected chi connectivity index (χ3v) is 4.84. The van der Waals surface area contributed by atoms with E-state index in [2.05, 4.69) is 41.2 Å². The maximum Gasteiger partial charge on any atom is 0.303 e. The zero-order valence-electron chi connectivity index (χ0n) is 13.8. The lowest BCUT2D eigenvalue weighted by molar-refractivity contribution is -0.136. The van der Waals surface area contributed by atoms with Gasteiger partial charge >= 0.3 is 5.97 Å². The number of hydrogen-bond donors (Lipinski definition) is 2. The number of rotatable bonds is 8. The van der Waals surface area contributed by atoms with Crippen molar-refractivity contribution in [1.29, 1.82) is 0 Å². The monoisotopic (exact) mass is 333 g/mol. The molecular weight excluding hydrogens is 310 g/mol. The molecule has 1 heterocycles. The number of benzene rings is 1. The molecule has 6 heteroatoms. The molecule has 23 heavy (non-hydrogen) atoms. The van der Waals surface area contributed by atoms with Gasteiger partial charge in [0.2, 0.25) is 0 Å². The van der Waals surface area contributed by atoms with Crippen LogP contribution in [-0.2, 0) is 11.2 Å². The molecule has 5 nitrogen and oxygen atoms in total. The van der Waals surface area contributed by atoms with Gasteiger partial charge in [-0.05, 0) is 51.5 Å². The molecule has 124 valence electrons. The van der Waals surface area contributed by atoms with Crippen LogP contribution >= 0.6 is 11.3 Å².